The maximum atomic E-state index is 11.9. The second-order valence-corrected chi connectivity index (χ2v) is 9.63. The van der Waals surface area contributed by atoms with Gasteiger partial charge in [0, 0.05) is 17.8 Å². The minimum absolute atomic E-state index is 0.0144. The highest BCUT2D eigenvalue weighted by Crippen LogP contribution is 2.37. The number of nitrogens with two attached hydrogens (primary N) is 1. The predicted octanol–water partition coefficient (Wildman–Crippen LogP) is 2.18. The van der Waals surface area contributed by atoms with E-state index in [1.165, 1.54) is 19.1 Å². The van der Waals surface area contributed by atoms with E-state index in [1.807, 2.05) is 0 Å². The molecule has 1 saturated heterocycles. The summed E-state index contributed by atoms with van der Waals surface area (Å²) < 4.78 is 23.8. The van der Waals surface area contributed by atoms with Crippen molar-refractivity contribution >= 4 is 9.84 Å². The van der Waals surface area contributed by atoms with Gasteiger partial charge < -0.3 is 5.73 Å². The maximum absolute atomic E-state index is 11.9. The lowest BCUT2D eigenvalue weighted by atomic mass is 9.74. The third-order valence-corrected chi connectivity index (χ3v) is 7.68. The molecule has 2 N–H and O–H groups in total. The number of likely N-dealkylation sites (tertiary alicyclic amines) is 1. The molecule has 4 nitrogen and oxygen atoms in total. The molecule has 4 atom stereocenters. The van der Waals surface area contributed by atoms with Crippen molar-refractivity contribution in [3.05, 3.63) is 0 Å². The van der Waals surface area contributed by atoms with Gasteiger partial charge in [-0.1, -0.05) is 13.3 Å². The number of sulfone groups is 1. The van der Waals surface area contributed by atoms with E-state index in [-0.39, 0.29) is 16.8 Å². The molecule has 0 aromatic carbocycles. The van der Waals surface area contributed by atoms with E-state index in [1.54, 1.807) is 0 Å². The van der Waals surface area contributed by atoms with Crippen molar-refractivity contribution in [3.63, 3.8) is 0 Å². The molecule has 1 heterocycles. The number of rotatable bonds is 5. The van der Waals surface area contributed by atoms with Gasteiger partial charge in [0.2, 0.25) is 0 Å². The lowest BCUT2D eigenvalue weighted by Crippen LogP contribution is -2.60. The summed E-state index contributed by atoms with van der Waals surface area (Å²) in [5, 5.41) is -0.179. The molecular formula is C16H32N2O2S. The van der Waals surface area contributed by atoms with Gasteiger partial charge in [-0.3, -0.25) is 4.90 Å². The lowest BCUT2D eigenvalue weighted by molar-refractivity contribution is 0.0657. The molecule has 2 aliphatic rings. The normalized spacial score (nSPS) is 32.8. The minimum Gasteiger partial charge on any atom is -0.326 e. The first-order valence-electron chi connectivity index (χ1n) is 8.48. The van der Waals surface area contributed by atoms with Crippen molar-refractivity contribution in [3.8, 4) is 0 Å². The Kier molecular flexibility index (Phi) is 5.37. The molecule has 124 valence electrons. The fourth-order valence-electron chi connectivity index (χ4n) is 4.30. The molecule has 0 bridgehead atoms. The number of hydrogen-bond acceptors (Lipinski definition) is 4. The predicted molar refractivity (Wildman–Crippen MR) is 88.1 cm³/mol. The molecule has 4 unspecified atom stereocenters. The third kappa shape index (κ3) is 3.62. The van der Waals surface area contributed by atoms with Gasteiger partial charge in [-0.05, 0) is 64.5 Å². The van der Waals surface area contributed by atoms with Gasteiger partial charge in [0.25, 0.3) is 0 Å². The van der Waals surface area contributed by atoms with Gasteiger partial charge in [-0.25, -0.2) is 8.42 Å². The van der Waals surface area contributed by atoms with Crippen molar-refractivity contribution in [1.82, 2.24) is 4.90 Å². The molecule has 0 spiro atoms. The first-order chi connectivity index (χ1) is 9.79. The summed E-state index contributed by atoms with van der Waals surface area (Å²) in [6.07, 6.45) is 8.59. The van der Waals surface area contributed by atoms with Crippen LogP contribution in [0.2, 0.25) is 0 Å². The van der Waals surface area contributed by atoms with Crippen LogP contribution >= 0.6 is 0 Å². The summed E-state index contributed by atoms with van der Waals surface area (Å²) in [6, 6.07) is 0.0742. The summed E-state index contributed by atoms with van der Waals surface area (Å²) >= 11 is 0. The van der Waals surface area contributed by atoms with Crippen LogP contribution in [-0.2, 0) is 9.84 Å². The Hall–Kier alpha value is -0.130. The summed E-state index contributed by atoms with van der Waals surface area (Å²) in [5.41, 5.74) is 6.70. The van der Waals surface area contributed by atoms with Crippen LogP contribution in [0.1, 0.15) is 58.8 Å². The Morgan fingerprint density at radius 3 is 2.38 bits per heavy atom. The molecule has 0 amide bonds. The van der Waals surface area contributed by atoms with Crippen LogP contribution in [0, 0.1) is 5.92 Å². The van der Waals surface area contributed by atoms with Crippen LogP contribution in [0.15, 0.2) is 0 Å². The molecule has 0 aromatic rings. The van der Waals surface area contributed by atoms with Crippen LogP contribution in [0.3, 0.4) is 0 Å². The Labute approximate surface area is 130 Å². The van der Waals surface area contributed by atoms with E-state index in [9.17, 15) is 8.42 Å². The van der Waals surface area contributed by atoms with Crippen LogP contribution in [-0.4, -0.2) is 49.5 Å². The smallest absolute Gasteiger partial charge is 0.150 e. The molecular weight excluding hydrogens is 284 g/mol. The Morgan fingerprint density at radius 2 is 1.86 bits per heavy atom. The second-order valence-electron chi connectivity index (χ2n) is 7.31. The van der Waals surface area contributed by atoms with Gasteiger partial charge in [-0.2, -0.15) is 0 Å². The zero-order valence-corrected chi connectivity index (χ0v) is 14.7. The summed E-state index contributed by atoms with van der Waals surface area (Å²) in [6.45, 7) is 6.78. The Balaban J connectivity index is 2.11. The van der Waals surface area contributed by atoms with Gasteiger partial charge in [-0.15, -0.1) is 0 Å². The number of hydrogen-bond donors (Lipinski definition) is 1. The van der Waals surface area contributed by atoms with Crippen molar-refractivity contribution < 1.29 is 8.42 Å². The molecule has 1 aliphatic carbocycles. The Morgan fingerprint density at radius 1 is 1.24 bits per heavy atom. The fraction of sp³-hybridized carbons (Fsp3) is 1.00. The van der Waals surface area contributed by atoms with Crippen LogP contribution < -0.4 is 5.73 Å². The lowest BCUT2D eigenvalue weighted by Gasteiger charge is -2.47. The molecule has 0 aromatic heterocycles. The highest BCUT2D eigenvalue weighted by atomic mass is 32.2. The highest BCUT2D eigenvalue weighted by Gasteiger charge is 2.43. The van der Waals surface area contributed by atoms with Crippen molar-refractivity contribution in [2.75, 3.05) is 19.3 Å². The second kappa shape index (κ2) is 6.55. The van der Waals surface area contributed by atoms with Gasteiger partial charge in [0.05, 0.1) is 5.25 Å². The van der Waals surface area contributed by atoms with E-state index in [4.69, 9.17) is 5.73 Å². The third-order valence-electron chi connectivity index (χ3n) is 6.04. The van der Waals surface area contributed by atoms with Crippen molar-refractivity contribution in [2.45, 2.75) is 75.6 Å². The SMILES string of the molecule is CCC(C)(C(N)C1CCCC(S(C)(=O)=O)C1)N1CCCC1. The monoisotopic (exact) mass is 316 g/mol. The summed E-state index contributed by atoms with van der Waals surface area (Å²) in [7, 11) is -2.93. The van der Waals surface area contributed by atoms with E-state index in [2.05, 4.69) is 18.7 Å². The quantitative estimate of drug-likeness (QED) is 0.844. The van der Waals surface area contributed by atoms with Crippen molar-refractivity contribution in [1.29, 1.82) is 0 Å². The van der Waals surface area contributed by atoms with E-state index in [0.717, 1.165) is 45.2 Å². The standard InChI is InChI=1S/C16H32N2O2S/c1-4-16(2,18-10-5-6-11-18)15(17)13-8-7-9-14(12-13)21(3,19)20/h13-15H,4-12,17H2,1-3H3. The summed E-state index contributed by atoms with van der Waals surface area (Å²) in [5.74, 6) is 0.337. The van der Waals surface area contributed by atoms with E-state index in [0.29, 0.717) is 5.92 Å². The van der Waals surface area contributed by atoms with Crippen LogP contribution in [0.25, 0.3) is 0 Å². The van der Waals surface area contributed by atoms with Gasteiger partial charge in [0.1, 0.15) is 9.84 Å². The first-order valence-corrected chi connectivity index (χ1v) is 10.4. The fourth-order valence-corrected chi connectivity index (χ4v) is 5.49. The Bertz CT molecular complexity index is 445. The molecule has 2 rings (SSSR count). The first kappa shape index (κ1) is 17.2. The van der Waals surface area contributed by atoms with E-state index >= 15 is 0 Å². The van der Waals surface area contributed by atoms with Gasteiger partial charge in [0.15, 0.2) is 0 Å². The van der Waals surface area contributed by atoms with Crippen LogP contribution in [0.4, 0.5) is 0 Å². The maximum Gasteiger partial charge on any atom is 0.150 e. The number of nitrogens with zero attached hydrogens (tertiary/aromatic N) is 1. The molecule has 0 radical (unpaired) electrons. The molecule has 21 heavy (non-hydrogen) atoms. The van der Waals surface area contributed by atoms with Gasteiger partial charge >= 0.3 is 0 Å². The molecule has 1 saturated carbocycles. The molecule has 2 fully saturated rings. The summed E-state index contributed by atoms with van der Waals surface area (Å²) in [4.78, 5) is 2.54. The zero-order chi connectivity index (χ0) is 15.7. The largest absolute Gasteiger partial charge is 0.326 e. The van der Waals surface area contributed by atoms with E-state index < -0.39 is 9.84 Å². The van der Waals surface area contributed by atoms with Crippen LogP contribution in [0.5, 0.6) is 0 Å². The molecule has 1 aliphatic heterocycles. The average molecular weight is 317 g/mol. The minimum atomic E-state index is -2.93. The topological polar surface area (TPSA) is 63.4 Å². The highest BCUT2D eigenvalue weighted by molar-refractivity contribution is 7.91. The zero-order valence-electron chi connectivity index (χ0n) is 13.8. The average Bonchev–Trinajstić information content (AvgIpc) is 2.99. The van der Waals surface area contributed by atoms with Crippen molar-refractivity contribution in [2.24, 2.45) is 11.7 Å². The molecule has 5 heteroatoms.